The average molecular weight is 390 g/mol. The first-order valence-electron chi connectivity index (χ1n) is 10.3. The highest BCUT2D eigenvalue weighted by molar-refractivity contribution is 5.98. The number of hydrogen-bond donors (Lipinski definition) is 1. The monoisotopic (exact) mass is 390 g/mol. The Kier molecular flexibility index (Phi) is 5.47. The largest absolute Gasteiger partial charge is 0.326 e. The van der Waals surface area contributed by atoms with Gasteiger partial charge in [0.05, 0.1) is 0 Å². The van der Waals surface area contributed by atoms with Crippen LogP contribution in [0.4, 0.5) is 11.4 Å². The molecule has 5 nitrogen and oxygen atoms in total. The number of para-hydroxylation sites is 1. The number of benzene rings is 2. The summed E-state index contributed by atoms with van der Waals surface area (Å²) in [5.41, 5.74) is 3.52. The molecule has 1 fully saturated rings. The molecule has 1 saturated carbocycles. The molecule has 0 bridgehead atoms. The van der Waals surface area contributed by atoms with Gasteiger partial charge in [-0.2, -0.15) is 0 Å². The first-order valence-corrected chi connectivity index (χ1v) is 10.3. The molecule has 0 spiro atoms. The highest BCUT2D eigenvalue weighted by Crippen LogP contribution is 2.35. The van der Waals surface area contributed by atoms with Gasteiger partial charge in [0.25, 0.3) is 0 Å². The van der Waals surface area contributed by atoms with Crippen LogP contribution in [0, 0.1) is 11.8 Å². The second-order valence-electron chi connectivity index (χ2n) is 8.04. The van der Waals surface area contributed by atoms with Gasteiger partial charge in [0, 0.05) is 35.3 Å². The number of carbonyl (C=O) groups is 3. The molecule has 1 heterocycles. The summed E-state index contributed by atoms with van der Waals surface area (Å²) in [6.07, 6.45) is 3.82. The highest BCUT2D eigenvalue weighted by atomic mass is 16.2. The van der Waals surface area contributed by atoms with E-state index in [4.69, 9.17) is 0 Å². The molecule has 1 N–H and O–H groups in total. The highest BCUT2D eigenvalue weighted by Gasteiger charge is 2.34. The third-order valence-electron chi connectivity index (χ3n) is 6.14. The molecule has 2 aromatic rings. The molecule has 0 radical (unpaired) electrons. The number of rotatable bonds is 4. The number of amides is 2. The molecule has 1 aliphatic heterocycles. The maximum Gasteiger partial charge on any atom is 0.230 e. The molecule has 0 aromatic heterocycles. The third kappa shape index (κ3) is 4.09. The van der Waals surface area contributed by atoms with Crippen molar-refractivity contribution in [3.05, 3.63) is 59.7 Å². The lowest BCUT2D eigenvalue weighted by Gasteiger charge is -2.30. The Morgan fingerprint density at radius 2 is 1.66 bits per heavy atom. The number of hydrogen-bond acceptors (Lipinski definition) is 3. The van der Waals surface area contributed by atoms with Crippen molar-refractivity contribution in [1.82, 2.24) is 0 Å². The molecular weight excluding hydrogens is 364 g/mol. The summed E-state index contributed by atoms with van der Waals surface area (Å²) >= 11 is 0. The van der Waals surface area contributed by atoms with Crippen molar-refractivity contribution in [3.63, 3.8) is 0 Å². The van der Waals surface area contributed by atoms with Crippen LogP contribution in [0.3, 0.4) is 0 Å². The smallest absolute Gasteiger partial charge is 0.230 e. The molecule has 2 aromatic carbocycles. The summed E-state index contributed by atoms with van der Waals surface area (Å²) in [5.74, 6) is 0.0480. The number of nitrogens with zero attached hydrogens (tertiary/aromatic N) is 1. The SMILES string of the molecule is CC(=O)c1cccc(NC(=O)C2CCC(C(=O)N3CCc4ccccc43)CC2)c1. The van der Waals surface area contributed by atoms with E-state index in [-0.39, 0.29) is 29.4 Å². The van der Waals surface area contributed by atoms with Crippen LogP contribution in [-0.2, 0) is 16.0 Å². The summed E-state index contributed by atoms with van der Waals surface area (Å²) in [6.45, 7) is 2.27. The second-order valence-corrected chi connectivity index (χ2v) is 8.04. The molecule has 0 atom stereocenters. The van der Waals surface area contributed by atoms with Gasteiger partial charge in [-0.05, 0) is 62.8 Å². The summed E-state index contributed by atoms with van der Waals surface area (Å²) in [5, 5.41) is 2.93. The molecule has 4 rings (SSSR count). The van der Waals surface area contributed by atoms with Crippen LogP contribution in [0.15, 0.2) is 48.5 Å². The molecule has 0 saturated heterocycles. The Morgan fingerprint density at radius 3 is 2.41 bits per heavy atom. The standard InChI is InChI=1S/C24H26N2O3/c1-16(27)20-6-4-7-21(15-20)25-23(28)18-9-11-19(12-10-18)24(29)26-14-13-17-5-2-3-8-22(17)26/h2-8,15,18-19H,9-14H2,1H3,(H,25,28). The number of ketones is 1. The maximum atomic E-state index is 13.0. The number of carbonyl (C=O) groups excluding carboxylic acids is 3. The summed E-state index contributed by atoms with van der Waals surface area (Å²) in [6, 6.07) is 15.1. The predicted molar refractivity (Wildman–Crippen MR) is 113 cm³/mol. The molecule has 2 aliphatic rings. The van der Waals surface area contributed by atoms with Crippen molar-refractivity contribution < 1.29 is 14.4 Å². The lowest BCUT2D eigenvalue weighted by atomic mass is 9.81. The topological polar surface area (TPSA) is 66.5 Å². The number of nitrogens with one attached hydrogen (secondary N) is 1. The minimum Gasteiger partial charge on any atom is -0.326 e. The maximum absolute atomic E-state index is 13.0. The predicted octanol–water partition coefficient (Wildman–Crippen LogP) is 4.22. The van der Waals surface area contributed by atoms with Crippen molar-refractivity contribution in [1.29, 1.82) is 0 Å². The van der Waals surface area contributed by atoms with Gasteiger partial charge in [-0.1, -0.05) is 30.3 Å². The quantitative estimate of drug-likeness (QED) is 0.795. The van der Waals surface area contributed by atoms with E-state index < -0.39 is 0 Å². The first kappa shape index (κ1) is 19.4. The zero-order chi connectivity index (χ0) is 20.4. The van der Waals surface area contributed by atoms with E-state index in [1.165, 1.54) is 12.5 Å². The van der Waals surface area contributed by atoms with Gasteiger partial charge in [0.15, 0.2) is 5.78 Å². The Morgan fingerprint density at radius 1 is 0.931 bits per heavy atom. The Labute approximate surface area is 171 Å². The molecule has 29 heavy (non-hydrogen) atoms. The number of Topliss-reactive ketones (excluding diaryl/α,β-unsaturated/α-hetero) is 1. The van der Waals surface area contributed by atoms with Crippen LogP contribution < -0.4 is 10.2 Å². The van der Waals surface area contributed by atoms with Gasteiger partial charge in [0.1, 0.15) is 0 Å². The van der Waals surface area contributed by atoms with E-state index in [2.05, 4.69) is 11.4 Å². The van der Waals surface area contributed by atoms with E-state index in [9.17, 15) is 14.4 Å². The van der Waals surface area contributed by atoms with E-state index in [1.54, 1.807) is 24.3 Å². The fourth-order valence-electron chi connectivity index (χ4n) is 4.45. The molecule has 150 valence electrons. The van der Waals surface area contributed by atoms with Crippen molar-refractivity contribution in [2.45, 2.75) is 39.0 Å². The minimum absolute atomic E-state index is 0.00810. The second kappa shape index (κ2) is 8.19. The van der Waals surface area contributed by atoms with Gasteiger partial charge in [-0.25, -0.2) is 0 Å². The molecule has 5 heteroatoms. The third-order valence-corrected chi connectivity index (χ3v) is 6.14. The molecule has 2 amide bonds. The summed E-state index contributed by atoms with van der Waals surface area (Å²) in [7, 11) is 0. The fourth-order valence-corrected chi connectivity index (χ4v) is 4.45. The van der Waals surface area contributed by atoms with Crippen LogP contribution in [0.1, 0.15) is 48.5 Å². The molecule has 0 unspecified atom stereocenters. The Balaban J connectivity index is 1.33. The lowest BCUT2D eigenvalue weighted by molar-refractivity contribution is -0.126. The Hall–Kier alpha value is -2.95. The number of fused-ring (bicyclic) bond motifs is 1. The van der Waals surface area contributed by atoms with Gasteiger partial charge in [-0.3, -0.25) is 14.4 Å². The van der Waals surface area contributed by atoms with Crippen LogP contribution in [0.2, 0.25) is 0 Å². The normalized spacial score (nSPS) is 20.8. The Bertz CT molecular complexity index is 945. The summed E-state index contributed by atoms with van der Waals surface area (Å²) in [4.78, 5) is 39.1. The fraction of sp³-hybridized carbons (Fsp3) is 0.375. The van der Waals surface area contributed by atoms with Gasteiger partial charge >= 0.3 is 0 Å². The van der Waals surface area contributed by atoms with Crippen molar-refractivity contribution >= 4 is 29.0 Å². The van der Waals surface area contributed by atoms with E-state index >= 15 is 0 Å². The van der Waals surface area contributed by atoms with E-state index in [0.717, 1.165) is 31.5 Å². The van der Waals surface area contributed by atoms with Crippen molar-refractivity contribution in [3.8, 4) is 0 Å². The van der Waals surface area contributed by atoms with Crippen LogP contribution in [-0.4, -0.2) is 24.1 Å². The number of anilines is 2. The lowest BCUT2D eigenvalue weighted by Crippen LogP contribution is -2.38. The van der Waals surface area contributed by atoms with E-state index in [0.29, 0.717) is 24.1 Å². The zero-order valence-corrected chi connectivity index (χ0v) is 16.7. The van der Waals surface area contributed by atoms with Crippen LogP contribution in [0.5, 0.6) is 0 Å². The van der Waals surface area contributed by atoms with Crippen molar-refractivity contribution in [2.75, 3.05) is 16.8 Å². The van der Waals surface area contributed by atoms with E-state index in [1.807, 2.05) is 23.1 Å². The van der Waals surface area contributed by atoms with Crippen LogP contribution in [0.25, 0.3) is 0 Å². The zero-order valence-electron chi connectivity index (χ0n) is 16.7. The summed E-state index contributed by atoms with van der Waals surface area (Å²) < 4.78 is 0. The minimum atomic E-state index is -0.0918. The molecule has 1 aliphatic carbocycles. The van der Waals surface area contributed by atoms with Gasteiger partial charge in [-0.15, -0.1) is 0 Å². The van der Waals surface area contributed by atoms with Gasteiger partial charge < -0.3 is 10.2 Å². The first-order chi connectivity index (χ1) is 14.0. The molecular formula is C24H26N2O3. The van der Waals surface area contributed by atoms with Crippen LogP contribution >= 0.6 is 0 Å². The average Bonchev–Trinajstić information content (AvgIpc) is 3.17. The van der Waals surface area contributed by atoms with Gasteiger partial charge in [0.2, 0.25) is 11.8 Å². The van der Waals surface area contributed by atoms with Crippen molar-refractivity contribution in [2.24, 2.45) is 11.8 Å².